The third-order valence-electron chi connectivity index (χ3n) is 4.91. The number of benzene rings is 1. The Morgan fingerprint density at radius 2 is 1.90 bits per heavy atom. The Morgan fingerprint density at radius 3 is 2.45 bits per heavy atom. The number of thiocarbonyl (C=S) groups is 1. The van der Waals surface area contributed by atoms with Crippen molar-refractivity contribution >= 4 is 40.6 Å². The summed E-state index contributed by atoms with van der Waals surface area (Å²) < 4.78 is 34.7. The van der Waals surface area contributed by atoms with E-state index in [9.17, 15) is 18.4 Å². The van der Waals surface area contributed by atoms with Crippen LogP contribution in [-0.4, -0.2) is 79.0 Å². The molecule has 0 aliphatic carbocycles. The lowest BCUT2D eigenvalue weighted by Gasteiger charge is -2.36. The van der Waals surface area contributed by atoms with E-state index in [-0.39, 0.29) is 44.2 Å². The summed E-state index contributed by atoms with van der Waals surface area (Å²) in [5.41, 5.74) is -0.143. The fraction of sp³-hybridized carbons (Fsp3) is 0.500. The van der Waals surface area contributed by atoms with Gasteiger partial charge >= 0.3 is 6.09 Å². The molecule has 1 aromatic rings. The van der Waals surface area contributed by atoms with Gasteiger partial charge in [-0.2, -0.15) is 0 Å². The van der Waals surface area contributed by atoms with Crippen molar-refractivity contribution in [2.24, 2.45) is 0 Å². The first-order valence-electron chi connectivity index (χ1n) is 9.15. The zero-order valence-corrected chi connectivity index (χ0v) is 16.7. The Labute approximate surface area is 172 Å². The van der Waals surface area contributed by atoms with Crippen LogP contribution in [0.2, 0.25) is 0 Å². The summed E-state index contributed by atoms with van der Waals surface area (Å²) >= 11 is 4.96. The zero-order valence-electron chi connectivity index (χ0n) is 15.9. The Bertz CT molecular complexity index is 794. The number of nitrogens with one attached hydrogen (secondary N) is 1. The van der Waals surface area contributed by atoms with Crippen molar-refractivity contribution in [3.8, 4) is 0 Å². The number of nitrogens with zero attached hydrogens (tertiary/aromatic N) is 3. The number of hydrogen-bond donors (Lipinski definition) is 2. The van der Waals surface area contributed by atoms with E-state index in [1.807, 2.05) is 0 Å². The quantitative estimate of drug-likeness (QED) is 0.673. The van der Waals surface area contributed by atoms with Gasteiger partial charge in [-0.05, 0) is 6.92 Å². The van der Waals surface area contributed by atoms with Gasteiger partial charge in [0, 0.05) is 44.9 Å². The minimum absolute atomic E-state index is 0.0640. The highest BCUT2D eigenvalue weighted by atomic mass is 32.1. The summed E-state index contributed by atoms with van der Waals surface area (Å²) in [4.78, 5) is 28.3. The van der Waals surface area contributed by atoms with E-state index < -0.39 is 36.3 Å². The summed E-state index contributed by atoms with van der Waals surface area (Å²) in [5.74, 6) is -2.03. The Hall–Kier alpha value is -2.53. The molecule has 2 aliphatic rings. The maximum Gasteiger partial charge on any atom is 0.414 e. The molecule has 2 saturated heterocycles. The average molecular weight is 428 g/mol. The van der Waals surface area contributed by atoms with Crippen molar-refractivity contribution in [1.82, 2.24) is 10.2 Å². The van der Waals surface area contributed by atoms with Crippen molar-refractivity contribution in [3.63, 3.8) is 0 Å². The van der Waals surface area contributed by atoms with Crippen LogP contribution in [0.4, 0.5) is 25.0 Å². The molecule has 0 aromatic heterocycles. The lowest BCUT2D eigenvalue weighted by atomic mass is 10.1. The molecule has 1 aromatic carbocycles. The van der Waals surface area contributed by atoms with Gasteiger partial charge in [-0.3, -0.25) is 9.69 Å². The lowest BCUT2D eigenvalue weighted by molar-refractivity contribution is -0.134. The van der Waals surface area contributed by atoms with Crippen LogP contribution in [-0.2, 0) is 9.53 Å². The molecular weight excluding hydrogens is 406 g/mol. The van der Waals surface area contributed by atoms with Crippen molar-refractivity contribution in [2.45, 2.75) is 13.0 Å². The molecule has 3 rings (SSSR count). The fourth-order valence-corrected chi connectivity index (χ4v) is 3.54. The van der Waals surface area contributed by atoms with E-state index >= 15 is 0 Å². The third kappa shape index (κ3) is 4.56. The lowest BCUT2D eigenvalue weighted by Crippen LogP contribution is -2.50. The minimum atomic E-state index is -0.806. The highest BCUT2D eigenvalue weighted by Crippen LogP contribution is 2.32. The van der Waals surface area contributed by atoms with Gasteiger partial charge in [-0.15, -0.1) is 0 Å². The molecule has 0 spiro atoms. The molecular formula is C18H22F2N4O4S. The summed E-state index contributed by atoms with van der Waals surface area (Å²) in [6.45, 7) is 2.44. The summed E-state index contributed by atoms with van der Waals surface area (Å²) in [6, 6.07) is 1.76. The molecule has 11 heteroatoms. The second-order valence-electron chi connectivity index (χ2n) is 6.82. The number of aliphatic hydroxyl groups excluding tert-OH is 1. The van der Waals surface area contributed by atoms with Gasteiger partial charge < -0.3 is 25.0 Å². The number of hydrogen-bond acceptors (Lipinski definition) is 6. The number of carbonyl (C=O) groups is 2. The molecule has 2 heterocycles. The van der Waals surface area contributed by atoms with E-state index in [0.29, 0.717) is 11.5 Å². The predicted octanol–water partition coefficient (Wildman–Crippen LogP) is 0.868. The predicted molar refractivity (Wildman–Crippen MR) is 106 cm³/mol. The summed E-state index contributed by atoms with van der Waals surface area (Å²) in [5, 5.41) is 11.9. The molecule has 8 nitrogen and oxygen atoms in total. The standard InChI is InChI=1S/C18H22F2N4O4S/c1-11(29)21-8-13-10-28-18(27)24(13)12-6-14(19)17(15(20)7-12)23-4-2-22(3-5-23)16(26)9-25/h6-7,13,25H,2-5,8-10H2,1H3,(H,21,29)/t13-/m0/s1. The van der Waals surface area contributed by atoms with Gasteiger partial charge in [-0.1, -0.05) is 12.2 Å². The second kappa shape index (κ2) is 8.87. The monoisotopic (exact) mass is 428 g/mol. The second-order valence-corrected chi connectivity index (χ2v) is 7.43. The number of ether oxygens (including phenoxy) is 1. The molecule has 0 unspecified atom stereocenters. The molecule has 1 atom stereocenters. The molecule has 2 N–H and O–H groups in total. The molecule has 158 valence electrons. The van der Waals surface area contributed by atoms with E-state index in [0.717, 1.165) is 12.1 Å². The molecule has 2 fully saturated rings. The van der Waals surface area contributed by atoms with Gasteiger partial charge in [0.05, 0.1) is 16.7 Å². The fourth-order valence-electron chi connectivity index (χ4n) is 3.46. The van der Waals surface area contributed by atoms with Crippen LogP contribution in [0.1, 0.15) is 6.92 Å². The van der Waals surface area contributed by atoms with Gasteiger partial charge in [0.1, 0.15) is 18.9 Å². The average Bonchev–Trinajstić information content (AvgIpc) is 3.06. The SMILES string of the molecule is CC(=S)NC[C@H]1COC(=O)N1c1cc(F)c(N2CCN(C(=O)CO)CC2)c(F)c1. The van der Waals surface area contributed by atoms with Crippen molar-refractivity contribution in [1.29, 1.82) is 0 Å². The largest absolute Gasteiger partial charge is 0.447 e. The summed E-state index contributed by atoms with van der Waals surface area (Å²) in [7, 11) is 0. The molecule has 0 saturated carbocycles. The molecule has 2 aliphatic heterocycles. The molecule has 0 radical (unpaired) electrons. The smallest absolute Gasteiger partial charge is 0.414 e. The Morgan fingerprint density at radius 1 is 1.28 bits per heavy atom. The van der Waals surface area contributed by atoms with E-state index in [2.05, 4.69) is 5.32 Å². The first-order chi connectivity index (χ1) is 13.8. The third-order valence-corrected chi connectivity index (χ3v) is 5.06. The Kier molecular flexibility index (Phi) is 6.48. The summed E-state index contributed by atoms with van der Waals surface area (Å²) in [6.07, 6.45) is -0.679. The van der Waals surface area contributed by atoms with Gasteiger partial charge in [0.25, 0.3) is 0 Å². The number of rotatable bonds is 5. The maximum absolute atomic E-state index is 14.8. The van der Waals surface area contributed by atoms with Crippen LogP contribution >= 0.6 is 12.2 Å². The van der Waals surface area contributed by atoms with Gasteiger partial charge in [0.15, 0.2) is 11.6 Å². The van der Waals surface area contributed by atoms with Gasteiger partial charge in [0.2, 0.25) is 5.91 Å². The first kappa shape index (κ1) is 21.2. The van der Waals surface area contributed by atoms with Crippen LogP contribution in [0.5, 0.6) is 0 Å². The Balaban J connectivity index is 1.78. The number of cyclic esters (lactones) is 1. The zero-order chi connectivity index (χ0) is 21.1. The van der Waals surface area contributed by atoms with Crippen molar-refractivity contribution in [2.75, 3.05) is 55.7 Å². The van der Waals surface area contributed by atoms with Crippen LogP contribution in [0.25, 0.3) is 0 Å². The van der Waals surface area contributed by atoms with Crippen LogP contribution in [0, 0.1) is 11.6 Å². The van der Waals surface area contributed by atoms with Crippen LogP contribution in [0.3, 0.4) is 0 Å². The first-order valence-corrected chi connectivity index (χ1v) is 9.55. The van der Waals surface area contributed by atoms with Crippen molar-refractivity contribution in [3.05, 3.63) is 23.8 Å². The molecule has 2 amide bonds. The van der Waals surface area contributed by atoms with E-state index in [1.54, 1.807) is 6.92 Å². The number of aliphatic hydroxyl groups is 1. The number of carbonyl (C=O) groups excluding carboxylic acids is 2. The number of anilines is 2. The molecule has 29 heavy (non-hydrogen) atoms. The molecule has 0 bridgehead atoms. The number of halogens is 2. The topological polar surface area (TPSA) is 85.4 Å². The van der Waals surface area contributed by atoms with Crippen LogP contribution < -0.4 is 15.1 Å². The van der Waals surface area contributed by atoms with E-state index in [4.69, 9.17) is 22.1 Å². The number of piperazine rings is 1. The normalized spacial score (nSPS) is 19.4. The van der Waals surface area contributed by atoms with Crippen molar-refractivity contribution < 1.29 is 28.2 Å². The maximum atomic E-state index is 14.8. The highest BCUT2D eigenvalue weighted by Gasteiger charge is 2.35. The highest BCUT2D eigenvalue weighted by molar-refractivity contribution is 7.80. The minimum Gasteiger partial charge on any atom is -0.447 e. The number of amides is 2. The van der Waals surface area contributed by atoms with Gasteiger partial charge in [-0.25, -0.2) is 13.6 Å². The van der Waals surface area contributed by atoms with Crippen LogP contribution in [0.15, 0.2) is 12.1 Å². The van der Waals surface area contributed by atoms with E-state index in [1.165, 1.54) is 14.7 Å².